The van der Waals surface area contributed by atoms with Gasteiger partial charge in [0.15, 0.2) is 0 Å². The van der Waals surface area contributed by atoms with Crippen LogP contribution in [0.2, 0.25) is 5.02 Å². The number of benzene rings is 1. The molecule has 0 saturated heterocycles. The van der Waals surface area contributed by atoms with E-state index in [1.165, 1.54) is 44.9 Å². The van der Waals surface area contributed by atoms with Gasteiger partial charge in [-0.05, 0) is 24.6 Å². The lowest BCUT2D eigenvalue weighted by Crippen LogP contribution is -2.27. The summed E-state index contributed by atoms with van der Waals surface area (Å²) in [6.45, 7) is 2.81. The Morgan fingerprint density at radius 1 is 1.10 bits per heavy atom. The molecule has 0 spiro atoms. The molecule has 0 radical (unpaired) electrons. The van der Waals surface area contributed by atoms with Gasteiger partial charge in [-0.15, -0.1) is 0 Å². The molecule has 0 aromatic heterocycles. The second kappa shape index (κ2) is 11.0. The van der Waals surface area contributed by atoms with Gasteiger partial charge in [0.05, 0.1) is 0 Å². The summed E-state index contributed by atoms with van der Waals surface area (Å²) in [4.78, 5) is 0. The molecule has 1 aromatic rings. The van der Waals surface area contributed by atoms with Gasteiger partial charge >= 0.3 is 0 Å². The molecule has 0 aliphatic rings. The summed E-state index contributed by atoms with van der Waals surface area (Å²) < 4.78 is 5.65. The maximum atomic E-state index is 6.06. The summed E-state index contributed by atoms with van der Waals surface area (Å²) >= 11 is 5.90. The van der Waals surface area contributed by atoms with Gasteiger partial charge in [0.1, 0.15) is 12.4 Å². The Balaban J connectivity index is 2.01. The van der Waals surface area contributed by atoms with E-state index in [1.807, 2.05) is 24.3 Å². The van der Waals surface area contributed by atoms with E-state index in [1.54, 1.807) is 0 Å². The van der Waals surface area contributed by atoms with Gasteiger partial charge in [0.25, 0.3) is 0 Å². The number of rotatable bonds is 11. The van der Waals surface area contributed by atoms with Crippen molar-refractivity contribution in [2.24, 2.45) is 5.73 Å². The third-order valence-corrected chi connectivity index (χ3v) is 3.67. The number of hydrogen-bond donors (Lipinski definition) is 1. The van der Waals surface area contributed by atoms with E-state index >= 15 is 0 Å². The first-order chi connectivity index (χ1) is 9.72. The topological polar surface area (TPSA) is 35.2 Å². The zero-order valence-electron chi connectivity index (χ0n) is 12.6. The summed E-state index contributed by atoms with van der Waals surface area (Å²) in [6.07, 6.45) is 10.3. The van der Waals surface area contributed by atoms with E-state index in [9.17, 15) is 0 Å². The van der Waals surface area contributed by atoms with E-state index in [2.05, 4.69) is 6.92 Å². The van der Waals surface area contributed by atoms with Crippen LogP contribution in [0.15, 0.2) is 24.3 Å². The fourth-order valence-electron chi connectivity index (χ4n) is 2.21. The first-order valence-corrected chi connectivity index (χ1v) is 8.24. The average Bonchev–Trinajstić information content (AvgIpc) is 2.44. The Hall–Kier alpha value is -0.730. The number of unbranched alkanes of at least 4 members (excludes halogenated alkanes) is 6. The Morgan fingerprint density at radius 2 is 1.80 bits per heavy atom. The summed E-state index contributed by atoms with van der Waals surface area (Å²) in [5.41, 5.74) is 6.06. The van der Waals surface area contributed by atoms with Gasteiger partial charge in [-0.25, -0.2) is 0 Å². The van der Waals surface area contributed by atoms with Crippen LogP contribution in [0, 0.1) is 0 Å². The molecule has 0 bridgehead atoms. The smallest absolute Gasteiger partial charge is 0.120 e. The minimum atomic E-state index is 0.115. The fraction of sp³-hybridized carbons (Fsp3) is 0.647. The third-order valence-electron chi connectivity index (χ3n) is 3.44. The minimum Gasteiger partial charge on any atom is -0.492 e. The van der Waals surface area contributed by atoms with Crippen LogP contribution in [-0.4, -0.2) is 12.6 Å². The predicted octanol–water partition coefficient (Wildman–Crippen LogP) is 5.19. The molecule has 3 heteroatoms. The van der Waals surface area contributed by atoms with Crippen molar-refractivity contribution >= 4 is 11.6 Å². The standard InChI is InChI=1S/C17H28ClNO/c1-2-3-4-5-6-7-8-11-16(19)14-20-17-12-9-10-15(18)13-17/h9-10,12-13,16H,2-8,11,14,19H2,1H3. The van der Waals surface area contributed by atoms with Crippen molar-refractivity contribution in [2.75, 3.05) is 6.61 Å². The van der Waals surface area contributed by atoms with Crippen molar-refractivity contribution in [3.05, 3.63) is 29.3 Å². The number of halogens is 1. The second-order valence-electron chi connectivity index (χ2n) is 5.44. The Kier molecular flexibility index (Phi) is 9.52. The molecule has 0 heterocycles. The van der Waals surface area contributed by atoms with Crippen molar-refractivity contribution in [3.8, 4) is 5.75 Å². The summed E-state index contributed by atoms with van der Waals surface area (Å²) in [7, 11) is 0. The van der Waals surface area contributed by atoms with E-state index in [-0.39, 0.29) is 6.04 Å². The highest BCUT2D eigenvalue weighted by Gasteiger charge is 2.04. The van der Waals surface area contributed by atoms with Gasteiger partial charge in [0, 0.05) is 11.1 Å². The molecule has 1 atom stereocenters. The molecule has 0 amide bonds. The molecule has 20 heavy (non-hydrogen) atoms. The molecule has 1 rings (SSSR count). The van der Waals surface area contributed by atoms with Crippen LogP contribution in [0.1, 0.15) is 58.3 Å². The lowest BCUT2D eigenvalue weighted by atomic mass is 10.1. The lowest BCUT2D eigenvalue weighted by Gasteiger charge is -2.13. The van der Waals surface area contributed by atoms with Gasteiger partial charge in [-0.1, -0.05) is 69.5 Å². The van der Waals surface area contributed by atoms with Crippen molar-refractivity contribution in [1.82, 2.24) is 0 Å². The molecular formula is C17H28ClNO. The van der Waals surface area contributed by atoms with Gasteiger partial charge in [0.2, 0.25) is 0 Å². The number of hydrogen-bond acceptors (Lipinski definition) is 2. The predicted molar refractivity (Wildman–Crippen MR) is 87.5 cm³/mol. The third kappa shape index (κ3) is 8.44. The molecule has 0 saturated carbocycles. The van der Waals surface area contributed by atoms with Crippen LogP contribution in [0.3, 0.4) is 0 Å². The summed E-state index contributed by atoms with van der Waals surface area (Å²) in [6, 6.07) is 7.57. The quantitative estimate of drug-likeness (QED) is 0.571. The van der Waals surface area contributed by atoms with Crippen molar-refractivity contribution < 1.29 is 4.74 Å². The molecule has 2 nitrogen and oxygen atoms in total. The van der Waals surface area contributed by atoms with Crippen molar-refractivity contribution in [1.29, 1.82) is 0 Å². The molecule has 2 N–H and O–H groups in total. The van der Waals surface area contributed by atoms with Gasteiger partial charge in [-0.2, -0.15) is 0 Å². The average molecular weight is 298 g/mol. The monoisotopic (exact) mass is 297 g/mol. The molecule has 1 unspecified atom stereocenters. The molecular weight excluding hydrogens is 270 g/mol. The van der Waals surface area contributed by atoms with Gasteiger partial charge < -0.3 is 10.5 Å². The van der Waals surface area contributed by atoms with Crippen LogP contribution >= 0.6 is 11.6 Å². The van der Waals surface area contributed by atoms with Crippen molar-refractivity contribution in [3.63, 3.8) is 0 Å². The van der Waals surface area contributed by atoms with Crippen LogP contribution in [0.5, 0.6) is 5.75 Å². The molecule has 0 aliphatic heterocycles. The highest BCUT2D eigenvalue weighted by molar-refractivity contribution is 6.30. The Labute approximate surface area is 128 Å². The molecule has 0 fully saturated rings. The van der Waals surface area contributed by atoms with E-state index in [0.717, 1.165) is 12.2 Å². The summed E-state index contributed by atoms with van der Waals surface area (Å²) in [5.74, 6) is 0.799. The fourth-order valence-corrected chi connectivity index (χ4v) is 2.39. The normalized spacial score (nSPS) is 12.3. The summed E-state index contributed by atoms with van der Waals surface area (Å²) in [5, 5.41) is 0.697. The first-order valence-electron chi connectivity index (χ1n) is 7.86. The second-order valence-corrected chi connectivity index (χ2v) is 5.87. The lowest BCUT2D eigenvalue weighted by molar-refractivity contribution is 0.279. The van der Waals surface area contributed by atoms with Crippen LogP contribution in [-0.2, 0) is 0 Å². The van der Waals surface area contributed by atoms with E-state index < -0.39 is 0 Å². The zero-order valence-corrected chi connectivity index (χ0v) is 13.4. The van der Waals surface area contributed by atoms with Crippen molar-refractivity contribution in [2.45, 2.75) is 64.3 Å². The largest absolute Gasteiger partial charge is 0.492 e. The SMILES string of the molecule is CCCCCCCCCC(N)COc1cccc(Cl)c1. The number of nitrogens with two attached hydrogens (primary N) is 1. The maximum absolute atomic E-state index is 6.06. The highest BCUT2D eigenvalue weighted by atomic mass is 35.5. The first kappa shape index (κ1) is 17.3. The number of ether oxygens (including phenoxy) is 1. The molecule has 114 valence electrons. The Morgan fingerprint density at radius 3 is 2.50 bits per heavy atom. The maximum Gasteiger partial charge on any atom is 0.120 e. The van der Waals surface area contributed by atoms with Gasteiger partial charge in [-0.3, -0.25) is 0 Å². The van der Waals surface area contributed by atoms with Crippen LogP contribution < -0.4 is 10.5 Å². The zero-order chi connectivity index (χ0) is 14.6. The van der Waals surface area contributed by atoms with E-state index in [4.69, 9.17) is 22.1 Å². The molecule has 0 aliphatic carbocycles. The minimum absolute atomic E-state index is 0.115. The van der Waals surface area contributed by atoms with E-state index in [0.29, 0.717) is 11.6 Å². The molecule has 1 aromatic carbocycles. The Bertz CT molecular complexity index is 357. The van der Waals surface area contributed by atoms with Crippen LogP contribution in [0.25, 0.3) is 0 Å². The highest BCUT2D eigenvalue weighted by Crippen LogP contribution is 2.17. The van der Waals surface area contributed by atoms with Crippen LogP contribution in [0.4, 0.5) is 0 Å².